The third kappa shape index (κ3) is 3.50. The molecule has 3 saturated heterocycles. The molecule has 0 aliphatic carbocycles. The molecular weight excluding hydrogens is 410 g/mol. The minimum atomic E-state index is -0.323. The van der Waals surface area contributed by atoms with Crippen molar-refractivity contribution in [2.75, 3.05) is 18.1 Å². The Balaban J connectivity index is 1.25. The van der Waals surface area contributed by atoms with Gasteiger partial charge in [-0.05, 0) is 68.7 Å². The summed E-state index contributed by atoms with van der Waals surface area (Å²) < 4.78 is 23.0. The zero-order chi connectivity index (χ0) is 22.2. The van der Waals surface area contributed by atoms with Crippen LogP contribution in [0.25, 0.3) is 0 Å². The maximum atomic E-state index is 12.9. The molecule has 2 amide bonds. The highest BCUT2D eigenvalue weighted by Crippen LogP contribution is 2.49. The summed E-state index contributed by atoms with van der Waals surface area (Å²) >= 11 is 0. The van der Waals surface area contributed by atoms with Crippen molar-refractivity contribution in [2.45, 2.75) is 45.5 Å². The maximum Gasteiger partial charge on any atom is 0.240 e. The van der Waals surface area contributed by atoms with Crippen LogP contribution in [0.1, 0.15) is 32.3 Å². The number of carbonyl (C=O) groups is 2. The summed E-state index contributed by atoms with van der Waals surface area (Å²) in [5.74, 6) is 1.14. The second kappa shape index (κ2) is 8.47. The van der Waals surface area contributed by atoms with Crippen LogP contribution in [0, 0.1) is 11.8 Å². The molecule has 7 heteroatoms. The van der Waals surface area contributed by atoms with E-state index in [1.807, 2.05) is 32.0 Å². The van der Waals surface area contributed by atoms with Gasteiger partial charge < -0.3 is 18.9 Å². The predicted molar refractivity (Wildman–Crippen MR) is 117 cm³/mol. The van der Waals surface area contributed by atoms with E-state index in [9.17, 15) is 9.59 Å². The number of amides is 2. The van der Waals surface area contributed by atoms with Gasteiger partial charge in [-0.15, -0.1) is 0 Å². The lowest BCUT2D eigenvalue weighted by Gasteiger charge is -2.18. The highest BCUT2D eigenvalue weighted by molar-refractivity contribution is 6.22. The quantitative estimate of drug-likeness (QED) is 0.586. The van der Waals surface area contributed by atoms with Gasteiger partial charge in [0.25, 0.3) is 0 Å². The van der Waals surface area contributed by atoms with Crippen LogP contribution in [-0.2, 0) is 20.9 Å². The van der Waals surface area contributed by atoms with Crippen molar-refractivity contribution in [3.8, 4) is 17.2 Å². The fourth-order valence-corrected chi connectivity index (χ4v) is 5.01. The Labute approximate surface area is 187 Å². The molecule has 0 saturated carbocycles. The van der Waals surface area contributed by atoms with E-state index in [0.717, 1.165) is 18.4 Å². The van der Waals surface area contributed by atoms with Gasteiger partial charge in [-0.2, -0.15) is 0 Å². The number of hydrogen-bond donors (Lipinski definition) is 0. The SMILES string of the molecule is CCOc1ccc(COc2ccc(N3C(=O)[C@@H]4[C@H](C3=O)[C@H]3CC[C@H]4O3)cc2)cc1OCC. The first-order valence-electron chi connectivity index (χ1n) is 11.2. The molecule has 32 heavy (non-hydrogen) atoms. The number of carbonyl (C=O) groups excluding carboxylic acids is 2. The average Bonchev–Trinajstić information content (AvgIpc) is 3.48. The summed E-state index contributed by atoms with van der Waals surface area (Å²) in [5, 5.41) is 0. The van der Waals surface area contributed by atoms with E-state index in [0.29, 0.717) is 42.8 Å². The molecule has 4 atom stereocenters. The third-order valence-electron chi connectivity index (χ3n) is 6.39. The molecule has 5 rings (SSSR count). The Morgan fingerprint density at radius 1 is 0.844 bits per heavy atom. The standard InChI is InChI=1S/C25H27NO6/c1-3-29-18-10-5-15(13-21(18)30-4-2)14-31-17-8-6-16(7-9-17)26-24(27)22-19-11-12-20(32-19)23(22)25(26)28/h5-10,13,19-20,22-23H,3-4,11-12,14H2,1-2H3/t19-,20-,22-,23+/m1/s1. The van der Waals surface area contributed by atoms with Crippen molar-refractivity contribution in [3.63, 3.8) is 0 Å². The Kier molecular flexibility index (Phi) is 5.51. The molecule has 0 radical (unpaired) electrons. The van der Waals surface area contributed by atoms with Crippen molar-refractivity contribution in [1.29, 1.82) is 0 Å². The number of benzene rings is 2. The molecule has 2 bridgehead atoms. The summed E-state index contributed by atoms with van der Waals surface area (Å²) in [5.41, 5.74) is 1.54. The van der Waals surface area contributed by atoms with E-state index in [4.69, 9.17) is 18.9 Å². The van der Waals surface area contributed by atoms with Crippen LogP contribution in [0.5, 0.6) is 17.2 Å². The van der Waals surface area contributed by atoms with Crippen molar-refractivity contribution >= 4 is 17.5 Å². The van der Waals surface area contributed by atoms with E-state index in [1.54, 1.807) is 24.3 Å². The first-order chi connectivity index (χ1) is 15.6. The molecule has 0 spiro atoms. The summed E-state index contributed by atoms with van der Waals surface area (Å²) in [6, 6.07) is 12.8. The minimum absolute atomic E-state index is 0.107. The number of rotatable bonds is 8. The second-order valence-corrected chi connectivity index (χ2v) is 8.28. The van der Waals surface area contributed by atoms with Crippen LogP contribution in [0.2, 0.25) is 0 Å². The molecule has 0 N–H and O–H groups in total. The fraction of sp³-hybridized carbons (Fsp3) is 0.440. The van der Waals surface area contributed by atoms with Crippen molar-refractivity contribution in [2.24, 2.45) is 11.8 Å². The van der Waals surface area contributed by atoms with E-state index in [1.165, 1.54) is 4.90 Å². The lowest BCUT2D eigenvalue weighted by atomic mass is 9.81. The predicted octanol–water partition coefficient (Wildman–Crippen LogP) is 3.73. The van der Waals surface area contributed by atoms with Crippen LogP contribution in [0.3, 0.4) is 0 Å². The van der Waals surface area contributed by atoms with E-state index >= 15 is 0 Å². The van der Waals surface area contributed by atoms with Gasteiger partial charge in [0.05, 0.1) is 42.9 Å². The van der Waals surface area contributed by atoms with E-state index < -0.39 is 0 Å². The lowest BCUT2D eigenvalue weighted by Crippen LogP contribution is -2.34. The number of ether oxygens (including phenoxy) is 4. The average molecular weight is 437 g/mol. The zero-order valence-corrected chi connectivity index (χ0v) is 18.3. The first kappa shape index (κ1) is 20.8. The first-order valence-corrected chi connectivity index (χ1v) is 11.2. The second-order valence-electron chi connectivity index (χ2n) is 8.28. The Bertz CT molecular complexity index is 992. The molecule has 2 aromatic rings. The van der Waals surface area contributed by atoms with Crippen LogP contribution >= 0.6 is 0 Å². The maximum absolute atomic E-state index is 12.9. The van der Waals surface area contributed by atoms with Crippen LogP contribution in [-0.4, -0.2) is 37.2 Å². The number of nitrogens with zero attached hydrogens (tertiary/aromatic N) is 1. The van der Waals surface area contributed by atoms with Crippen LogP contribution in [0.15, 0.2) is 42.5 Å². The topological polar surface area (TPSA) is 74.3 Å². The van der Waals surface area contributed by atoms with Crippen LogP contribution < -0.4 is 19.1 Å². The Morgan fingerprint density at radius 2 is 1.47 bits per heavy atom. The van der Waals surface area contributed by atoms with Gasteiger partial charge in [0.2, 0.25) is 11.8 Å². The van der Waals surface area contributed by atoms with E-state index in [-0.39, 0.29) is 35.9 Å². The summed E-state index contributed by atoms with van der Waals surface area (Å²) in [6.45, 7) is 5.35. The van der Waals surface area contributed by atoms with Crippen molar-refractivity contribution in [1.82, 2.24) is 0 Å². The summed E-state index contributed by atoms with van der Waals surface area (Å²) in [7, 11) is 0. The number of fused-ring (bicyclic) bond motifs is 5. The molecule has 3 heterocycles. The normalized spacial score (nSPS) is 25.9. The zero-order valence-electron chi connectivity index (χ0n) is 18.3. The smallest absolute Gasteiger partial charge is 0.240 e. The number of imide groups is 1. The monoisotopic (exact) mass is 437 g/mol. The molecular formula is C25H27NO6. The van der Waals surface area contributed by atoms with Gasteiger partial charge >= 0.3 is 0 Å². The highest BCUT2D eigenvalue weighted by Gasteiger charge is 2.62. The molecule has 168 valence electrons. The fourth-order valence-electron chi connectivity index (χ4n) is 5.01. The van der Waals surface area contributed by atoms with Gasteiger partial charge in [0.1, 0.15) is 12.4 Å². The van der Waals surface area contributed by atoms with Crippen LogP contribution in [0.4, 0.5) is 5.69 Å². The van der Waals surface area contributed by atoms with Gasteiger partial charge in [-0.25, -0.2) is 4.90 Å². The molecule has 0 unspecified atom stereocenters. The van der Waals surface area contributed by atoms with Gasteiger partial charge in [-0.1, -0.05) is 6.07 Å². The number of hydrogen-bond acceptors (Lipinski definition) is 6. The van der Waals surface area contributed by atoms with E-state index in [2.05, 4.69) is 0 Å². The Morgan fingerprint density at radius 3 is 2.09 bits per heavy atom. The largest absolute Gasteiger partial charge is 0.490 e. The highest BCUT2D eigenvalue weighted by atomic mass is 16.5. The lowest BCUT2D eigenvalue weighted by molar-refractivity contribution is -0.124. The third-order valence-corrected chi connectivity index (χ3v) is 6.39. The summed E-state index contributed by atoms with van der Waals surface area (Å²) in [4.78, 5) is 27.2. The summed E-state index contributed by atoms with van der Waals surface area (Å²) in [6.07, 6.45) is 1.51. The molecule has 7 nitrogen and oxygen atoms in total. The minimum Gasteiger partial charge on any atom is -0.490 e. The van der Waals surface area contributed by atoms with Crippen molar-refractivity contribution in [3.05, 3.63) is 48.0 Å². The molecule has 3 aliphatic heterocycles. The molecule has 3 fully saturated rings. The molecule has 3 aliphatic rings. The van der Waals surface area contributed by atoms with Gasteiger partial charge in [-0.3, -0.25) is 9.59 Å². The number of anilines is 1. The Hall–Kier alpha value is -3.06. The van der Waals surface area contributed by atoms with Crippen molar-refractivity contribution < 1.29 is 28.5 Å². The molecule has 2 aromatic carbocycles. The molecule has 0 aromatic heterocycles. The van der Waals surface area contributed by atoms with Gasteiger partial charge in [0.15, 0.2) is 11.5 Å². The van der Waals surface area contributed by atoms with Gasteiger partial charge in [0, 0.05) is 0 Å².